The highest BCUT2D eigenvalue weighted by Gasteiger charge is 2.39. The summed E-state index contributed by atoms with van der Waals surface area (Å²) in [5.41, 5.74) is 3.44. The molecular formula is C25H24N2O4S. The molecule has 6 nitrogen and oxygen atoms in total. The summed E-state index contributed by atoms with van der Waals surface area (Å²) in [5, 5.41) is 2.47. The summed E-state index contributed by atoms with van der Waals surface area (Å²) < 4.78 is 5.53. The lowest BCUT2D eigenvalue weighted by molar-refractivity contribution is -0.151. The van der Waals surface area contributed by atoms with E-state index in [9.17, 15) is 14.4 Å². The molecule has 2 atom stereocenters. The van der Waals surface area contributed by atoms with Gasteiger partial charge in [0, 0.05) is 29.5 Å². The standard InChI is InChI=1S/C25H24N2O4S/c1-3-21(23(29)18-7-5-4-6-8-18)31-24(30)19-13-22(28)27(14-19)25-26-20(15-32-25)17-11-9-16(2)10-12-17/h4-12,15,19,21H,3,13-14H2,1-2H3/t19-,21+/m1/s1. The number of nitrogens with zero attached hydrogens (tertiary/aromatic N) is 2. The number of rotatable bonds is 7. The number of thiazole rings is 1. The Morgan fingerprint density at radius 2 is 1.88 bits per heavy atom. The lowest BCUT2D eigenvalue weighted by Crippen LogP contribution is -2.31. The third kappa shape index (κ3) is 4.62. The Morgan fingerprint density at radius 1 is 1.16 bits per heavy atom. The quantitative estimate of drug-likeness (QED) is 0.388. The summed E-state index contributed by atoms with van der Waals surface area (Å²) in [7, 11) is 0. The molecule has 1 aliphatic rings. The minimum Gasteiger partial charge on any atom is -0.454 e. The molecule has 4 rings (SSSR count). The van der Waals surface area contributed by atoms with Gasteiger partial charge in [0.2, 0.25) is 11.7 Å². The van der Waals surface area contributed by atoms with E-state index < -0.39 is 18.0 Å². The van der Waals surface area contributed by atoms with Crippen LogP contribution in [0.3, 0.4) is 0 Å². The number of hydrogen-bond donors (Lipinski definition) is 0. The molecule has 0 spiro atoms. The zero-order valence-corrected chi connectivity index (χ0v) is 18.8. The van der Waals surface area contributed by atoms with E-state index in [2.05, 4.69) is 4.98 Å². The second-order valence-electron chi connectivity index (χ2n) is 7.85. The lowest BCUT2D eigenvalue weighted by Gasteiger charge is -2.18. The number of carbonyl (C=O) groups excluding carboxylic acids is 3. The highest BCUT2D eigenvalue weighted by Crippen LogP contribution is 2.32. The fraction of sp³-hybridized carbons (Fsp3) is 0.280. The summed E-state index contributed by atoms with van der Waals surface area (Å²) in [4.78, 5) is 44.2. The van der Waals surface area contributed by atoms with Crippen molar-refractivity contribution in [2.45, 2.75) is 32.8 Å². The monoisotopic (exact) mass is 448 g/mol. The Bertz CT molecular complexity index is 1120. The number of hydrogen-bond acceptors (Lipinski definition) is 6. The van der Waals surface area contributed by atoms with E-state index in [0.29, 0.717) is 17.1 Å². The van der Waals surface area contributed by atoms with Crippen molar-refractivity contribution in [2.75, 3.05) is 11.4 Å². The molecule has 7 heteroatoms. The van der Waals surface area contributed by atoms with E-state index >= 15 is 0 Å². The van der Waals surface area contributed by atoms with Crippen LogP contribution in [0.5, 0.6) is 0 Å². The molecule has 0 unspecified atom stereocenters. The Labute approximate surface area is 190 Å². The number of aryl methyl sites for hydroxylation is 1. The van der Waals surface area contributed by atoms with E-state index in [-0.39, 0.29) is 24.7 Å². The zero-order chi connectivity index (χ0) is 22.7. The highest BCUT2D eigenvalue weighted by molar-refractivity contribution is 7.14. The van der Waals surface area contributed by atoms with Crippen molar-refractivity contribution < 1.29 is 19.1 Å². The number of benzene rings is 2. The van der Waals surface area contributed by atoms with Gasteiger partial charge in [0.1, 0.15) is 0 Å². The van der Waals surface area contributed by atoms with Crippen LogP contribution in [-0.4, -0.2) is 35.3 Å². The molecule has 164 valence electrons. The van der Waals surface area contributed by atoms with Gasteiger partial charge in [-0.25, -0.2) is 4.98 Å². The first kappa shape index (κ1) is 21.9. The van der Waals surface area contributed by atoms with E-state index in [1.807, 2.05) is 42.6 Å². The molecule has 1 aliphatic heterocycles. The van der Waals surface area contributed by atoms with Crippen LogP contribution in [0.25, 0.3) is 11.3 Å². The fourth-order valence-corrected chi connectivity index (χ4v) is 4.50. The summed E-state index contributed by atoms with van der Waals surface area (Å²) in [6.45, 7) is 4.02. The molecule has 2 heterocycles. The van der Waals surface area contributed by atoms with Crippen molar-refractivity contribution >= 4 is 34.1 Å². The number of esters is 1. The average Bonchev–Trinajstić information content (AvgIpc) is 3.45. The van der Waals surface area contributed by atoms with E-state index in [1.165, 1.54) is 16.2 Å². The van der Waals surface area contributed by atoms with Crippen molar-refractivity contribution in [2.24, 2.45) is 5.92 Å². The van der Waals surface area contributed by atoms with Gasteiger partial charge >= 0.3 is 5.97 Å². The van der Waals surface area contributed by atoms with E-state index in [0.717, 1.165) is 16.8 Å². The maximum Gasteiger partial charge on any atom is 0.312 e. The van der Waals surface area contributed by atoms with Gasteiger partial charge < -0.3 is 4.74 Å². The number of ketones is 1. The van der Waals surface area contributed by atoms with Crippen molar-refractivity contribution in [3.63, 3.8) is 0 Å². The second-order valence-corrected chi connectivity index (χ2v) is 8.69. The molecule has 1 saturated heterocycles. The highest BCUT2D eigenvalue weighted by atomic mass is 32.1. The van der Waals surface area contributed by atoms with E-state index in [4.69, 9.17) is 4.74 Å². The molecule has 1 aromatic heterocycles. The minimum absolute atomic E-state index is 0.0498. The predicted molar refractivity (Wildman–Crippen MR) is 124 cm³/mol. The second kappa shape index (κ2) is 9.44. The number of aromatic nitrogens is 1. The number of carbonyl (C=O) groups is 3. The van der Waals surface area contributed by atoms with Crippen molar-refractivity contribution in [1.82, 2.24) is 4.98 Å². The van der Waals surface area contributed by atoms with Gasteiger partial charge in [-0.2, -0.15) is 0 Å². The molecule has 0 N–H and O–H groups in total. The number of Topliss-reactive ketones (excluding diaryl/α,β-unsaturated/α-hetero) is 1. The zero-order valence-electron chi connectivity index (χ0n) is 18.0. The summed E-state index contributed by atoms with van der Waals surface area (Å²) in [5.74, 6) is -1.54. The van der Waals surface area contributed by atoms with Crippen molar-refractivity contribution in [3.05, 3.63) is 71.1 Å². The molecule has 0 aliphatic carbocycles. The molecule has 2 aromatic carbocycles. The summed E-state index contributed by atoms with van der Waals surface area (Å²) in [6.07, 6.45) is -0.438. The first-order chi connectivity index (χ1) is 15.5. The Morgan fingerprint density at radius 3 is 2.56 bits per heavy atom. The van der Waals surface area contributed by atoms with Crippen molar-refractivity contribution in [3.8, 4) is 11.3 Å². The van der Waals surface area contributed by atoms with E-state index in [1.54, 1.807) is 31.2 Å². The molecule has 1 fully saturated rings. The van der Waals surface area contributed by atoms with Gasteiger partial charge in [0.15, 0.2) is 11.2 Å². The van der Waals surface area contributed by atoms with Crippen LogP contribution in [0.1, 0.15) is 35.7 Å². The molecule has 0 saturated carbocycles. The number of ether oxygens (including phenoxy) is 1. The maximum atomic E-state index is 12.8. The minimum atomic E-state index is -0.859. The maximum absolute atomic E-state index is 12.8. The summed E-state index contributed by atoms with van der Waals surface area (Å²) >= 11 is 1.37. The Kier molecular flexibility index (Phi) is 6.46. The molecule has 0 radical (unpaired) electrons. The molecular weight excluding hydrogens is 424 g/mol. The molecule has 32 heavy (non-hydrogen) atoms. The largest absolute Gasteiger partial charge is 0.454 e. The molecule has 3 aromatic rings. The summed E-state index contributed by atoms with van der Waals surface area (Å²) in [6, 6.07) is 16.8. The smallest absolute Gasteiger partial charge is 0.312 e. The Hall–Kier alpha value is -3.32. The first-order valence-electron chi connectivity index (χ1n) is 10.6. The number of amides is 1. The van der Waals surface area contributed by atoms with Crippen LogP contribution in [-0.2, 0) is 14.3 Å². The first-order valence-corrected chi connectivity index (χ1v) is 11.5. The number of anilines is 1. The fourth-order valence-electron chi connectivity index (χ4n) is 3.64. The topological polar surface area (TPSA) is 76.6 Å². The van der Waals surface area contributed by atoms with Gasteiger partial charge in [-0.15, -0.1) is 11.3 Å². The van der Waals surface area contributed by atoms with Crippen LogP contribution in [0.15, 0.2) is 60.0 Å². The van der Waals surface area contributed by atoms with Gasteiger partial charge in [-0.1, -0.05) is 67.1 Å². The predicted octanol–water partition coefficient (Wildman–Crippen LogP) is 4.68. The van der Waals surface area contributed by atoms with Gasteiger partial charge in [0.25, 0.3) is 0 Å². The SMILES string of the molecule is CC[C@H](OC(=O)[C@@H]1CC(=O)N(c2nc(-c3ccc(C)cc3)cs2)C1)C(=O)c1ccccc1. The third-order valence-electron chi connectivity index (χ3n) is 5.51. The van der Waals surface area contributed by atoms with Gasteiger partial charge in [-0.3, -0.25) is 19.3 Å². The van der Waals surface area contributed by atoms with Gasteiger partial charge in [-0.05, 0) is 13.3 Å². The van der Waals surface area contributed by atoms with Crippen molar-refractivity contribution in [1.29, 1.82) is 0 Å². The van der Waals surface area contributed by atoms with Crippen LogP contribution < -0.4 is 4.90 Å². The van der Waals surface area contributed by atoms with Crippen LogP contribution in [0.4, 0.5) is 5.13 Å². The third-order valence-corrected chi connectivity index (χ3v) is 6.37. The normalized spacial score (nSPS) is 16.8. The van der Waals surface area contributed by atoms with Crippen LogP contribution in [0.2, 0.25) is 0 Å². The van der Waals surface area contributed by atoms with Crippen LogP contribution in [0, 0.1) is 12.8 Å². The average molecular weight is 449 g/mol. The van der Waals surface area contributed by atoms with Gasteiger partial charge in [0.05, 0.1) is 11.6 Å². The van der Waals surface area contributed by atoms with Crippen LogP contribution >= 0.6 is 11.3 Å². The lowest BCUT2D eigenvalue weighted by atomic mass is 10.0. The molecule has 0 bridgehead atoms. The Balaban J connectivity index is 1.42. The molecule has 1 amide bonds.